The quantitative estimate of drug-likeness (QED) is 0.842. The lowest BCUT2D eigenvalue weighted by atomic mass is 10.2. The van der Waals surface area contributed by atoms with Crippen LogP contribution in [0.15, 0.2) is 24.3 Å². The molecule has 2 aromatic rings. The number of anilines is 1. The topological polar surface area (TPSA) is 58.2 Å². The molecule has 2 rings (SSSR count). The number of carbonyl (C=O) groups is 1. The van der Waals surface area contributed by atoms with Gasteiger partial charge in [0.2, 0.25) is 5.95 Å². The first-order valence-corrected chi connectivity index (χ1v) is 5.78. The molecule has 18 heavy (non-hydrogen) atoms. The van der Waals surface area contributed by atoms with Crippen LogP contribution in [0, 0.1) is 0 Å². The van der Waals surface area contributed by atoms with Gasteiger partial charge in [0.05, 0.1) is 11.0 Å². The summed E-state index contributed by atoms with van der Waals surface area (Å²) in [5, 5.41) is 0. The number of nitrogens with zero attached hydrogens (tertiary/aromatic N) is 2. The van der Waals surface area contributed by atoms with Gasteiger partial charge in [-0.05, 0) is 32.9 Å². The third-order valence-corrected chi connectivity index (χ3v) is 2.36. The van der Waals surface area contributed by atoms with Crippen LogP contribution in [-0.4, -0.2) is 28.7 Å². The molecule has 0 bridgehead atoms. The largest absolute Gasteiger partial charge is 0.443 e. The van der Waals surface area contributed by atoms with Crippen LogP contribution < -0.4 is 4.90 Å². The maximum absolute atomic E-state index is 11.9. The van der Waals surface area contributed by atoms with Crippen LogP contribution in [-0.2, 0) is 4.74 Å². The Balaban J connectivity index is 2.23. The van der Waals surface area contributed by atoms with E-state index in [1.165, 1.54) is 4.90 Å². The summed E-state index contributed by atoms with van der Waals surface area (Å²) in [5.41, 5.74) is 1.20. The maximum atomic E-state index is 11.9. The molecule has 0 aliphatic heterocycles. The first-order chi connectivity index (χ1) is 8.37. The lowest BCUT2D eigenvalue weighted by Crippen LogP contribution is -2.34. The monoisotopic (exact) mass is 247 g/mol. The fourth-order valence-electron chi connectivity index (χ4n) is 1.52. The summed E-state index contributed by atoms with van der Waals surface area (Å²) in [7, 11) is 1.63. The zero-order valence-corrected chi connectivity index (χ0v) is 11.0. The van der Waals surface area contributed by atoms with Crippen molar-refractivity contribution >= 4 is 23.1 Å². The Morgan fingerprint density at radius 2 is 2.00 bits per heavy atom. The number of ether oxygens (including phenoxy) is 1. The molecule has 1 aromatic heterocycles. The maximum Gasteiger partial charge on any atom is 0.416 e. The van der Waals surface area contributed by atoms with Crippen molar-refractivity contribution in [3.05, 3.63) is 24.3 Å². The molecule has 0 saturated carbocycles. The lowest BCUT2D eigenvalue weighted by Gasteiger charge is -2.23. The van der Waals surface area contributed by atoms with Crippen molar-refractivity contribution in [2.24, 2.45) is 0 Å². The second kappa shape index (κ2) is 4.33. The summed E-state index contributed by atoms with van der Waals surface area (Å²) in [5.74, 6) is 0.477. The predicted octanol–water partition coefficient (Wildman–Crippen LogP) is 2.93. The molecule has 0 atom stereocenters. The summed E-state index contributed by atoms with van der Waals surface area (Å²) in [6.45, 7) is 5.49. The summed E-state index contributed by atoms with van der Waals surface area (Å²) >= 11 is 0. The Morgan fingerprint density at radius 1 is 1.33 bits per heavy atom. The molecule has 5 nitrogen and oxygen atoms in total. The normalized spacial score (nSPS) is 11.6. The number of imidazole rings is 1. The number of fused-ring (bicyclic) bond motifs is 1. The van der Waals surface area contributed by atoms with Gasteiger partial charge in [-0.15, -0.1) is 0 Å². The summed E-state index contributed by atoms with van der Waals surface area (Å²) < 4.78 is 5.28. The number of H-pyrrole nitrogens is 1. The second-order valence-electron chi connectivity index (χ2n) is 5.12. The molecule has 1 N–H and O–H groups in total. The number of rotatable bonds is 1. The van der Waals surface area contributed by atoms with Crippen LogP contribution in [0.1, 0.15) is 20.8 Å². The molecule has 0 fully saturated rings. The third-order valence-electron chi connectivity index (χ3n) is 2.36. The zero-order valence-electron chi connectivity index (χ0n) is 11.0. The van der Waals surface area contributed by atoms with Crippen molar-refractivity contribution < 1.29 is 9.53 Å². The molecule has 0 aliphatic rings. The smallest absolute Gasteiger partial charge is 0.416 e. The molecule has 1 heterocycles. The first-order valence-electron chi connectivity index (χ1n) is 5.78. The molecular weight excluding hydrogens is 230 g/mol. The summed E-state index contributed by atoms with van der Waals surface area (Å²) in [6, 6.07) is 7.62. The molecule has 0 radical (unpaired) electrons. The molecule has 1 aromatic carbocycles. The van der Waals surface area contributed by atoms with Gasteiger partial charge in [-0.2, -0.15) is 0 Å². The van der Waals surface area contributed by atoms with Gasteiger partial charge >= 0.3 is 6.09 Å². The number of benzene rings is 1. The van der Waals surface area contributed by atoms with Crippen LogP contribution in [0.3, 0.4) is 0 Å². The van der Waals surface area contributed by atoms with Gasteiger partial charge in [-0.1, -0.05) is 12.1 Å². The highest BCUT2D eigenvalue weighted by atomic mass is 16.6. The highest BCUT2D eigenvalue weighted by Gasteiger charge is 2.22. The number of aromatic amines is 1. The minimum atomic E-state index is -0.517. The van der Waals surface area contributed by atoms with Crippen molar-refractivity contribution in [1.29, 1.82) is 0 Å². The van der Waals surface area contributed by atoms with E-state index in [4.69, 9.17) is 4.74 Å². The Hall–Kier alpha value is -2.04. The molecule has 1 amide bonds. The number of carbonyl (C=O) groups excluding carboxylic acids is 1. The van der Waals surface area contributed by atoms with Gasteiger partial charge < -0.3 is 9.72 Å². The predicted molar refractivity (Wildman–Crippen MR) is 70.7 cm³/mol. The highest BCUT2D eigenvalue weighted by Crippen LogP contribution is 2.18. The van der Waals surface area contributed by atoms with Gasteiger partial charge in [0.15, 0.2) is 0 Å². The fourth-order valence-corrected chi connectivity index (χ4v) is 1.52. The standard InChI is InChI=1S/C13H17N3O2/c1-13(2,3)18-12(17)16(4)11-14-9-7-5-6-8-10(9)15-11/h5-8H,1-4H3,(H,14,15). The summed E-state index contributed by atoms with van der Waals surface area (Å²) in [4.78, 5) is 20.7. The van der Waals surface area contributed by atoms with Gasteiger partial charge in [-0.3, -0.25) is 4.90 Å². The average Bonchev–Trinajstić information content (AvgIpc) is 2.68. The van der Waals surface area contributed by atoms with Gasteiger partial charge in [0, 0.05) is 7.05 Å². The van der Waals surface area contributed by atoms with Crippen LogP contribution in [0.25, 0.3) is 11.0 Å². The summed E-state index contributed by atoms with van der Waals surface area (Å²) in [6.07, 6.45) is -0.429. The van der Waals surface area contributed by atoms with Crippen LogP contribution in [0.2, 0.25) is 0 Å². The molecule has 96 valence electrons. The van der Waals surface area contributed by atoms with Crippen molar-refractivity contribution in [2.45, 2.75) is 26.4 Å². The molecule has 0 spiro atoms. The molecule has 0 saturated heterocycles. The number of nitrogens with one attached hydrogen (secondary N) is 1. The number of para-hydroxylation sites is 2. The Labute approximate surface area is 106 Å². The van der Waals surface area contributed by atoms with Crippen molar-refractivity contribution in [3.8, 4) is 0 Å². The Morgan fingerprint density at radius 3 is 2.61 bits per heavy atom. The minimum absolute atomic E-state index is 0.429. The molecule has 5 heteroatoms. The fraction of sp³-hybridized carbons (Fsp3) is 0.385. The molecule has 0 aliphatic carbocycles. The highest BCUT2D eigenvalue weighted by molar-refractivity contribution is 5.88. The van der Waals surface area contributed by atoms with Crippen molar-refractivity contribution in [3.63, 3.8) is 0 Å². The van der Waals surface area contributed by atoms with E-state index in [-0.39, 0.29) is 0 Å². The van der Waals surface area contributed by atoms with E-state index >= 15 is 0 Å². The van der Waals surface area contributed by atoms with Crippen molar-refractivity contribution in [2.75, 3.05) is 11.9 Å². The Bertz CT molecular complexity index is 536. The van der Waals surface area contributed by atoms with Gasteiger partial charge in [0.1, 0.15) is 5.60 Å². The number of amides is 1. The van der Waals surface area contributed by atoms with Crippen molar-refractivity contribution in [1.82, 2.24) is 9.97 Å². The SMILES string of the molecule is CN(C(=O)OC(C)(C)C)c1nc2ccccc2[nH]1. The van der Waals surface area contributed by atoms with E-state index in [0.29, 0.717) is 5.95 Å². The second-order valence-corrected chi connectivity index (χ2v) is 5.12. The number of hydrogen-bond donors (Lipinski definition) is 1. The average molecular weight is 247 g/mol. The van der Waals surface area contributed by atoms with E-state index < -0.39 is 11.7 Å². The van der Waals surface area contributed by atoms with E-state index in [2.05, 4.69) is 9.97 Å². The third kappa shape index (κ3) is 2.61. The van der Waals surface area contributed by atoms with Crippen LogP contribution >= 0.6 is 0 Å². The lowest BCUT2D eigenvalue weighted by molar-refractivity contribution is 0.0587. The van der Waals surface area contributed by atoms with Crippen LogP contribution in [0.5, 0.6) is 0 Å². The molecule has 0 unspecified atom stereocenters. The van der Waals surface area contributed by atoms with Gasteiger partial charge in [0.25, 0.3) is 0 Å². The Kier molecular flexibility index (Phi) is 2.98. The first kappa shape index (κ1) is 12.4. The molecular formula is C13H17N3O2. The number of hydrogen-bond acceptors (Lipinski definition) is 3. The van der Waals surface area contributed by atoms with E-state index in [9.17, 15) is 4.79 Å². The zero-order chi connectivity index (χ0) is 13.3. The van der Waals surface area contributed by atoms with E-state index in [0.717, 1.165) is 11.0 Å². The minimum Gasteiger partial charge on any atom is -0.443 e. The van der Waals surface area contributed by atoms with E-state index in [1.807, 2.05) is 45.0 Å². The number of aromatic nitrogens is 2. The van der Waals surface area contributed by atoms with E-state index in [1.54, 1.807) is 7.05 Å². The van der Waals surface area contributed by atoms with Crippen LogP contribution in [0.4, 0.5) is 10.7 Å². The van der Waals surface area contributed by atoms with Gasteiger partial charge in [-0.25, -0.2) is 9.78 Å².